The lowest BCUT2D eigenvalue weighted by Crippen LogP contribution is -2.27. The summed E-state index contributed by atoms with van der Waals surface area (Å²) in [6, 6.07) is 0. The fourth-order valence-corrected chi connectivity index (χ4v) is 5.91. The van der Waals surface area contributed by atoms with E-state index in [0.717, 1.165) is 19.3 Å². The van der Waals surface area contributed by atoms with Crippen LogP contribution in [0.3, 0.4) is 0 Å². The van der Waals surface area contributed by atoms with Crippen LogP contribution in [0.4, 0.5) is 0 Å². The van der Waals surface area contributed by atoms with Gasteiger partial charge in [-0.05, 0) is 64.2 Å². The molecule has 272 valence electrons. The minimum atomic E-state index is -0.535. The summed E-state index contributed by atoms with van der Waals surface area (Å²) in [4.78, 5) is 12.1. The summed E-state index contributed by atoms with van der Waals surface area (Å²) >= 11 is 0. The number of allylic oxidation sites excluding steroid dienone is 4. The van der Waals surface area contributed by atoms with Gasteiger partial charge in [0.05, 0.1) is 13.2 Å². The maximum Gasteiger partial charge on any atom is 0.306 e. The van der Waals surface area contributed by atoms with Crippen LogP contribution in [0.5, 0.6) is 0 Å². The van der Waals surface area contributed by atoms with Crippen LogP contribution >= 0.6 is 0 Å². The van der Waals surface area contributed by atoms with Gasteiger partial charge in [-0.15, -0.1) is 0 Å². The molecule has 0 spiro atoms. The summed E-state index contributed by atoms with van der Waals surface area (Å²) in [5, 5.41) is 9.56. The highest BCUT2D eigenvalue weighted by Gasteiger charge is 2.13. The second-order valence-corrected chi connectivity index (χ2v) is 13.7. The van der Waals surface area contributed by atoms with Crippen molar-refractivity contribution in [3.05, 3.63) is 24.3 Å². The van der Waals surface area contributed by atoms with Crippen molar-refractivity contribution in [3.8, 4) is 0 Å². The van der Waals surface area contributed by atoms with E-state index < -0.39 is 6.10 Å². The molecule has 1 unspecified atom stereocenters. The zero-order valence-corrected chi connectivity index (χ0v) is 31.1. The van der Waals surface area contributed by atoms with E-state index in [-0.39, 0.29) is 12.6 Å². The second kappa shape index (κ2) is 40.0. The van der Waals surface area contributed by atoms with E-state index in [2.05, 4.69) is 38.2 Å². The van der Waals surface area contributed by atoms with Crippen LogP contribution in [0.15, 0.2) is 24.3 Å². The van der Waals surface area contributed by atoms with Crippen molar-refractivity contribution in [1.82, 2.24) is 0 Å². The Kier molecular flexibility index (Phi) is 39.1. The van der Waals surface area contributed by atoms with E-state index >= 15 is 0 Å². The quantitative estimate of drug-likeness (QED) is 0.0411. The third-order valence-corrected chi connectivity index (χ3v) is 9.00. The molecule has 1 N–H and O–H groups in total. The molecule has 0 aliphatic carbocycles. The molecule has 1 atom stereocenters. The fourth-order valence-electron chi connectivity index (χ4n) is 5.91. The molecule has 0 aliphatic heterocycles. The molecule has 0 bridgehead atoms. The monoisotopic (exact) mass is 649 g/mol. The molecule has 0 rings (SSSR count). The number of ether oxygens (including phenoxy) is 2. The summed E-state index contributed by atoms with van der Waals surface area (Å²) in [7, 11) is 0. The third kappa shape index (κ3) is 37.3. The summed E-state index contributed by atoms with van der Waals surface area (Å²) in [5.74, 6) is -0.209. The van der Waals surface area contributed by atoms with E-state index in [1.54, 1.807) is 0 Å². The number of esters is 1. The average molecular weight is 649 g/mol. The van der Waals surface area contributed by atoms with Crippen molar-refractivity contribution in [1.29, 1.82) is 0 Å². The molecule has 0 aromatic carbocycles. The van der Waals surface area contributed by atoms with Crippen LogP contribution in [0.1, 0.15) is 213 Å². The molecule has 0 aliphatic rings. The van der Waals surface area contributed by atoms with E-state index in [4.69, 9.17) is 9.47 Å². The van der Waals surface area contributed by atoms with Crippen LogP contribution in [0, 0.1) is 0 Å². The smallest absolute Gasteiger partial charge is 0.306 e. The minimum absolute atomic E-state index is 0.173. The maximum atomic E-state index is 12.1. The molecule has 0 saturated heterocycles. The zero-order chi connectivity index (χ0) is 33.4. The molecule has 0 radical (unpaired) electrons. The number of hydrogen-bond donors (Lipinski definition) is 1. The highest BCUT2D eigenvalue weighted by atomic mass is 16.6. The summed E-state index contributed by atoms with van der Waals surface area (Å²) < 4.78 is 11.1. The van der Waals surface area contributed by atoms with E-state index in [0.29, 0.717) is 19.6 Å². The summed E-state index contributed by atoms with van der Waals surface area (Å²) in [6.07, 6.45) is 48.1. The predicted octanol–water partition coefficient (Wildman–Crippen LogP) is 13.2. The van der Waals surface area contributed by atoms with Crippen LogP contribution < -0.4 is 0 Å². The normalized spacial score (nSPS) is 12.5. The van der Waals surface area contributed by atoms with Crippen LogP contribution in [-0.2, 0) is 14.3 Å². The predicted molar refractivity (Wildman–Crippen MR) is 201 cm³/mol. The first-order chi connectivity index (χ1) is 22.7. The number of aliphatic hydroxyl groups is 1. The number of hydrogen-bond acceptors (Lipinski definition) is 4. The van der Waals surface area contributed by atoms with Crippen molar-refractivity contribution in [2.45, 2.75) is 219 Å². The Morgan fingerprint density at radius 3 is 1.28 bits per heavy atom. The van der Waals surface area contributed by atoms with Crippen LogP contribution in [0.2, 0.25) is 0 Å². The number of unbranched alkanes of at least 4 members (excludes halogenated alkanes) is 26. The van der Waals surface area contributed by atoms with Crippen molar-refractivity contribution in [2.75, 3.05) is 19.8 Å². The molecule has 0 aromatic heterocycles. The Bertz CT molecular complexity index is 644. The van der Waals surface area contributed by atoms with E-state index in [9.17, 15) is 9.90 Å². The Hall–Kier alpha value is -1.13. The summed E-state index contributed by atoms with van der Waals surface area (Å²) in [5.41, 5.74) is 0. The van der Waals surface area contributed by atoms with E-state index in [1.165, 1.54) is 173 Å². The molecule has 0 aromatic rings. The molecule has 0 amide bonds. The van der Waals surface area contributed by atoms with Gasteiger partial charge >= 0.3 is 5.97 Å². The highest BCUT2D eigenvalue weighted by molar-refractivity contribution is 5.69. The Morgan fingerprint density at radius 2 is 0.848 bits per heavy atom. The standard InChI is InChI=1S/C42H80O4/c1-3-5-7-9-11-13-15-17-18-19-20-21-22-23-24-25-26-28-30-32-34-36-38-45-40-41(39-43)46-42(44)37-35-33-31-29-27-16-14-12-10-8-6-4-2/h12,14,19-20,41,43H,3-11,13,15-18,21-40H2,1-2H3/b14-12-,20-19-. The van der Waals surface area contributed by atoms with Gasteiger partial charge in [-0.3, -0.25) is 4.79 Å². The van der Waals surface area contributed by atoms with Gasteiger partial charge in [-0.2, -0.15) is 0 Å². The molecule has 46 heavy (non-hydrogen) atoms. The molecule has 0 heterocycles. The van der Waals surface area contributed by atoms with E-state index in [1.807, 2.05) is 0 Å². The first-order valence-electron chi connectivity index (χ1n) is 20.4. The summed E-state index contributed by atoms with van der Waals surface area (Å²) in [6.45, 7) is 5.33. The second-order valence-electron chi connectivity index (χ2n) is 13.7. The maximum absolute atomic E-state index is 12.1. The molecular weight excluding hydrogens is 568 g/mol. The van der Waals surface area contributed by atoms with Crippen molar-refractivity contribution < 1.29 is 19.4 Å². The third-order valence-electron chi connectivity index (χ3n) is 9.00. The Morgan fingerprint density at radius 1 is 0.500 bits per heavy atom. The van der Waals surface area contributed by atoms with Gasteiger partial charge < -0.3 is 14.6 Å². The van der Waals surface area contributed by atoms with Crippen molar-refractivity contribution in [3.63, 3.8) is 0 Å². The average Bonchev–Trinajstić information content (AvgIpc) is 3.06. The first-order valence-corrected chi connectivity index (χ1v) is 20.4. The van der Waals surface area contributed by atoms with Gasteiger partial charge in [0.25, 0.3) is 0 Å². The molecular formula is C42H80O4. The van der Waals surface area contributed by atoms with Crippen LogP contribution in [-0.4, -0.2) is 37.0 Å². The fraction of sp³-hybridized carbons (Fsp3) is 0.881. The molecule has 0 saturated carbocycles. The van der Waals surface area contributed by atoms with Gasteiger partial charge in [-0.1, -0.05) is 167 Å². The number of carbonyl (C=O) groups is 1. The SMILES string of the molecule is CCCCC/C=C\CCCCCCCC(=O)OC(CO)COCCCCCCCCCCCC/C=C\CCCCCCCCCC. The zero-order valence-electron chi connectivity index (χ0n) is 31.1. The van der Waals surface area contributed by atoms with Gasteiger partial charge in [0.2, 0.25) is 0 Å². The molecule has 4 heteroatoms. The Labute approximate surface area is 288 Å². The Balaban J connectivity index is 3.39. The topological polar surface area (TPSA) is 55.8 Å². The van der Waals surface area contributed by atoms with Gasteiger partial charge in [0.1, 0.15) is 6.10 Å². The minimum Gasteiger partial charge on any atom is -0.457 e. The largest absolute Gasteiger partial charge is 0.457 e. The van der Waals surface area contributed by atoms with Gasteiger partial charge in [-0.25, -0.2) is 0 Å². The lowest BCUT2D eigenvalue weighted by Gasteiger charge is -2.15. The van der Waals surface area contributed by atoms with Crippen molar-refractivity contribution >= 4 is 5.97 Å². The number of rotatable bonds is 38. The highest BCUT2D eigenvalue weighted by Crippen LogP contribution is 2.14. The van der Waals surface area contributed by atoms with Gasteiger partial charge in [0, 0.05) is 13.0 Å². The van der Waals surface area contributed by atoms with Gasteiger partial charge in [0.15, 0.2) is 0 Å². The molecule has 0 fully saturated rings. The lowest BCUT2D eigenvalue weighted by atomic mass is 10.1. The molecule has 4 nitrogen and oxygen atoms in total. The number of aliphatic hydroxyl groups excluding tert-OH is 1. The van der Waals surface area contributed by atoms with Crippen molar-refractivity contribution in [2.24, 2.45) is 0 Å². The first kappa shape index (κ1) is 44.9. The lowest BCUT2D eigenvalue weighted by molar-refractivity contribution is -0.154. The van der Waals surface area contributed by atoms with Crippen LogP contribution in [0.25, 0.3) is 0 Å². The number of carbonyl (C=O) groups excluding carboxylic acids is 1.